The molecule has 4 heteroatoms. The quantitative estimate of drug-likeness (QED) is 0.815. The Morgan fingerprint density at radius 2 is 2.22 bits per heavy atom. The lowest BCUT2D eigenvalue weighted by molar-refractivity contribution is -0.116. The smallest absolute Gasteiger partial charge is 0.226 e. The Bertz CT molecular complexity index is 405. The fourth-order valence-corrected chi connectivity index (χ4v) is 1.83. The Labute approximate surface area is 109 Å². The summed E-state index contributed by atoms with van der Waals surface area (Å²) in [4.78, 5) is 11.8. The highest BCUT2D eigenvalue weighted by molar-refractivity contribution is 5.92. The highest BCUT2D eigenvalue weighted by Gasteiger charge is 2.11. The van der Waals surface area contributed by atoms with Gasteiger partial charge in [0, 0.05) is 12.5 Å². The van der Waals surface area contributed by atoms with Crippen molar-refractivity contribution in [1.29, 1.82) is 0 Å². The molecule has 0 aliphatic heterocycles. The summed E-state index contributed by atoms with van der Waals surface area (Å²) in [5.41, 5.74) is 7.62. The molecule has 0 aromatic heterocycles. The molecule has 0 bridgehead atoms. The number of hydrogen-bond donors (Lipinski definition) is 2. The molecule has 0 fully saturated rings. The van der Waals surface area contributed by atoms with Crippen LogP contribution < -0.4 is 15.8 Å². The van der Waals surface area contributed by atoms with Gasteiger partial charge in [-0.1, -0.05) is 19.4 Å². The molecule has 0 aliphatic carbocycles. The number of aryl methyl sites for hydroxylation is 1. The van der Waals surface area contributed by atoms with E-state index in [0.717, 1.165) is 18.4 Å². The van der Waals surface area contributed by atoms with E-state index in [1.165, 1.54) is 0 Å². The van der Waals surface area contributed by atoms with Gasteiger partial charge in [0.15, 0.2) is 0 Å². The third-order valence-corrected chi connectivity index (χ3v) is 2.74. The van der Waals surface area contributed by atoms with Crippen LogP contribution in [0.2, 0.25) is 0 Å². The molecular weight excluding hydrogens is 228 g/mol. The number of anilines is 1. The van der Waals surface area contributed by atoms with E-state index >= 15 is 0 Å². The van der Waals surface area contributed by atoms with Crippen molar-refractivity contribution in [3.05, 3.63) is 23.8 Å². The van der Waals surface area contributed by atoms with Crippen molar-refractivity contribution >= 4 is 11.6 Å². The average Bonchev–Trinajstić information content (AvgIpc) is 2.29. The number of benzene rings is 1. The summed E-state index contributed by atoms with van der Waals surface area (Å²) >= 11 is 0. The summed E-state index contributed by atoms with van der Waals surface area (Å²) in [6.45, 7) is 4.03. The Morgan fingerprint density at radius 3 is 2.83 bits per heavy atom. The second-order valence-corrected chi connectivity index (χ2v) is 4.50. The normalized spacial score (nSPS) is 12.0. The number of rotatable bonds is 6. The number of ether oxygens (including phenoxy) is 1. The second-order valence-electron chi connectivity index (χ2n) is 4.50. The van der Waals surface area contributed by atoms with Crippen LogP contribution in [-0.4, -0.2) is 19.1 Å². The van der Waals surface area contributed by atoms with E-state index in [1.807, 2.05) is 25.1 Å². The van der Waals surface area contributed by atoms with Crippen LogP contribution in [0.4, 0.5) is 5.69 Å². The van der Waals surface area contributed by atoms with Crippen LogP contribution in [0.3, 0.4) is 0 Å². The standard InChI is InChI=1S/C14H22N2O2/c1-4-5-11(15)9-14(17)16-12-8-10(2)6-7-13(12)18-3/h6-8,11H,4-5,9,15H2,1-3H3,(H,16,17). The summed E-state index contributed by atoms with van der Waals surface area (Å²) < 4.78 is 5.21. The molecule has 100 valence electrons. The van der Waals surface area contributed by atoms with E-state index in [-0.39, 0.29) is 11.9 Å². The van der Waals surface area contributed by atoms with Crippen LogP contribution in [0.15, 0.2) is 18.2 Å². The Hall–Kier alpha value is -1.55. The Morgan fingerprint density at radius 1 is 1.50 bits per heavy atom. The average molecular weight is 250 g/mol. The summed E-state index contributed by atoms with van der Waals surface area (Å²) in [5, 5.41) is 2.85. The van der Waals surface area contributed by atoms with E-state index in [1.54, 1.807) is 7.11 Å². The van der Waals surface area contributed by atoms with Gasteiger partial charge in [0.1, 0.15) is 5.75 Å². The molecule has 0 saturated carbocycles. The molecule has 1 rings (SSSR count). The number of nitrogens with one attached hydrogen (secondary N) is 1. The molecule has 0 radical (unpaired) electrons. The van der Waals surface area contributed by atoms with Crippen molar-refractivity contribution in [2.24, 2.45) is 5.73 Å². The lowest BCUT2D eigenvalue weighted by Gasteiger charge is -2.13. The van der Waals surface area contributed by atoms with E-state index < -0.39 is 0 Å². The minimum atomic E-state index is -0.0780. The van der Waals surface area contributed by atoms with Gasteiger partial charge in [0.2, 0.25) is 5.91 Å². The van der Waals surface area contributed by atoms with E-state index in [2.05, 4.69) is 12.2 Å². The Balaban J connectivity index is 2.66. The van der Waals surface area contributed by atoms with E-state index in [4.69, 9.17) is 10.5 Å². The molecule has 0 aliphatic rings. The fourth-order valence-electron chi connectivity index (χ4n) is 1.83. The van der Waals surface area contributed by atoms with Gasteiger partial charge in [-0.15, -0.1) is 0 Å². The summed E-state index contributed by atoms with van der Waals surface area (Å²) in [5.74, 6) is 0.595. The van der Waals surface area contributed by atoms with Crippen molar-refractivity contribution in [3.8, 4) is 5.75 Å². The molecule has 1 aromatic rings. The first kappa shape index (κ1) is 14.5. The van der Waals surface area contributed by atoms with Crippen molar-refractivity contribution < 1.29 is 9.53 Å². The van der Waals surface area contributed by atoms with Crippen molar-refractivity contribution in [1.82, 2.24) is 0 Å². The molecule has 0 saturated heterocycles. The summed E-state index contributed by atoms with van der Waals surface area (Å²) in [6.07, 6.45) is 2.19. The molecule has 1 atom stereocenters. The fraction of sp³-hybridized carbons (Fsp3) is 0.500. The number of nitrogens with two attached hydrogens (primary N) is 1. The molecule has 0 heterocycles. The van der Waals surface area contributed by atoms with Gasteiger partial charge in [0.05, 0.1) is 12.8 Å². The lowest BCUT2D eigenvalue weighted by atomic mass is 10.1. The Kier molecular flexibility index (Phi) is 5.65. The highest BCUT2D eigenvalue weighted by Crippen LogP contribution is 2.25. The molecule has 3 N–H and O–H groups in total. The summed E-state index contributed by atoms with van der Waals surface area (Å²) in [6, 6.07) is 5.60. The first-order valence-electron chi connectivity index (χ1n) is 6.27. The van der Waals surface area contributed by atoms with Crippen LogP contribution in [-0.2, 0) is 4.79 Å². The third kappa shape index (κ3) is 4.37. The zero-order valence-corrected chi connectivity index (χ0v) is 11.3. The van der Waals surface area contributed by atoms with Crippen molar-refractivity contribution in [2.75, 3.05) is 12.4 Å². The van der Waals surface area contributed by atoms with Gasteiger partial charge in [-0.3, -0.25) is 4.79 Å². The van der Waals surface area contributed by atoms with Gasteiger partial charge >= 0.3 is 0 Å². The zero-order valence-electron chi connectivity index (χ0n) is 11.3. The van der Waals surface area contributed by atoms with Gasteiger partial charge in [-0.05, 0) is 31.0 Å². The maximum Gasteiger partial charge on any atom is 0.226 e. The molecule has 1 amide bonds. The summed E-state index contributed by atoms with van der Waals surface area (Å²) in [7, 11) is 1.59. The number of carbonyl (C=O) groups is 1. The number of carbonyl (C=O) groups excluding carboxylic acids is 1. The van der Waals surface area contributed by atoms with E-state index in [9.17, 15) is 4.79 Å². The second kappa shape index (κ2) is 7.01. The van der Waals surface area contributed by atoms with Crippen LogP contribution in [0.1, 0.15) is 31.7 Å². The maximum atomic E-state index is 11.8. The maximum absolute atomic E-state index is 11.8. The van der Waals surface area contributed by atoms with Gasteiger partial charge in [-0.25, -0.2) is 0 Å². The zero-order chi connectivity index (χ0) is 13.5. The molecule has 1 aromatic carbocycles. The van der Waals surface area contributed by atoms with Crippen LogP contribution in [0, 0.1) is 6.92 Å². The van der Waals surface area contributed by atoms with Crippen LogP contribution in [0.25, 0.3) is 0 Å². The van der Waals surface area contributed by atoms with E-state index in [0.29, 0.717) is 17.9 Å². The first-order chi connectivity index (χ1) is 8.56. The van der Waals surface area contributed by atoms with Gasteiger partial charge < -0.3 is 15.8 Å². The SMILES string of the molecule is CCCC(N)CC(=O)Nc1cc(C)ccc1OC. The van der Waals surface area contributed by atoms with Crippen molar-refractivity contribution in [3.63, 3.8) is 0 Å². The first-order valence-corrected chi connectivity index (χ1v) is 6.27. The number of methoxy groups -OCH3 is 1. The van der Waals surface area contributed by atoms with Gasteiger partial charge in [0.25, 0.3) is 0 Å². The molecule has 1 unspecified atom stereocenters. The minimum Gasteiger partial charge on any atom is -0.495 e. The molecular formula is C14H22N2O2. The topological polar surface area (TPSA) is 64.4 Å². The number of hydrogen-bond acceptors (Lipinski definition) is 3. The van der Waals surface area contributed by atoms with Crippen molar-refractivity contribution in [2.45, 2.75) is 39.2 Å². The molecule has 4 nitrogen and oxygen atoms in total. The van der Waals surface area contributed by atoms with Gasteiger partial charge in [-0.2, -0.15) is 0 Å². The molecule has 0 spiro atoms. The largest absolute Gasteiger partial charge is 0.495 e. The minimum absolute atomic E-state index is 0.0696. The van der Waals surface area contributed by atoms with Crippen LogP contribution >= 0.6 is 0 Å². The molecule has 18 heavy (non-hydrogen) atoms. The third-order valence-electron chi connectivity index (χ3n) is 2.74. The number of amides is 1. The lowest BCUT2D eigenvalue weighted by Crippen LogP contribution is -2.27. The predicted octanol–water partition coefficient (Wildman–Crippen LogP) is 2.46. The monoisotopic (exact) mass is 250 g/mol. The predicted molar refractivity (Wildman–Crippen MR) is 73.9 cm³/mol. The highest BCUT2D eigenvalue weighted by atomic mass is 16.5. The van der Waals surface area contributed by atoms with Crippen LogP contribution in [0.5, 0.6) is 5.75 Å².